The third-order valence-corrected chi connectivity index (χ3v) is 1.92. The van der Waals surface area contributed by atoms with Crippen LogP contribution >= 0.6 is 0 Å². The van der Waals surface area contributed by atoms with Crippen molar-refractivity contribution in [2.45, 2.75) is 39.8 Å². The second kappa shape index (κ2) is 5.01. The van der Waals surface area contributed by atoms with Gasteiger partial charge in [0.15, 0.2) is 0 Å². The number of amides is 1. The fourth-order valence-corrected chi connectivity index (χ4v) is 1.30. The van der Waals surface area contributed by atoms with Crippen LogP contribution in [0, 0.1) is 0 Å². The van der Waals surface area contributed by atoms with E-state index in [1.165, 1.54) is 6.92 Å². The highest BCUT2D eigenvalue weighted by atomic mass is 16.5. The van der Waals surface area contributed by atoms with Crippen molar-refractivity contribution in [3.05, 3.63) is 29.8 Å². The van der Waals surface area contributed by atoms with Gasteiger partial charge in [0.25, 0.3) is 0 Å². The summed E-state index contributed by atoms with van der Waals surface area (Å²) in [5.74, 6) is 0.786. The number of carbonyl (C=O) groups is 1. The topological polar surface area (TPSA) is 38.3 Å². The van der Waals surface area contributed by atoms with Gasteiger partial charge in [-0.1, -0.05) is 18.2 Å². The minimum atomic E-state index is -0.230. The van der Waals surface area contributed by atoms with E-state index in [0.29, 0.717) is 6.54 Å². The predicted molar refractivity (Wildman–Crippen MR) is 64.3 cm³/mol. The maximum absolute atomic E-state index is 10.9. The molecule has 1 N–H and O–H groups in total. The van der Waals surface area contributed by atoms with E-state index in [4.69, 9.17) is 4.74 Å². The number of para-hydroxylation sites is 1. The molecule has 0 heterocycles. The van der Waals surface area contributed by atoms with E-state index in [2.05, 4.69) is 5.32 Å². The first kappa shape index (κ1) is 12.6. The van der Waals surface area contributed by atoms with Crippen LogP contribution in [0.4, 0.5) is 0 Å². The van der Waals surface area contributed by atoms with Gasteiger partial charge in [-0.05, 0) is 26.8 Å². The van der Waals surface area contributed by atoms with Gasteiger partial charge in [0.1, 0.15) is 11.4 Å². The van der Waals surface area contributed by atoms with Crippen molar-refractivity contribution in [3.8, 4) is 5.75 Å². The summed E-state index contributed by atoms with van der Waals surface area (Å²) in [4.78, 5) is 10.9. The van der Waals surface area contributed by atoms with Crippen LogP contribution in [-0.2, 0) is 11.3 Å². The van der Waals surface area contributed by atoms with Crippen molar-refractivity contribution in [2.75, 3.05) is 0 Å². The van der Waals surface area contributed by atoms with Gasteiger partial charge < -0.3 is 10.1 Å². The van der Waals surface area contributed by atoms with Crippen molar-refractivity contribution >= 4 is 5.91 Å². The first-order valence-electron chi connectivity index (χ1n) is 5.40. The highest BCUT2D eigenvalue weighted by Crippen LogP contribution is 2.22. The first-order chi connectivity index (χ1) is 7.38. The number of nitrogens with one attached hydrogen (secondary N) is 1. The molecule has 1 aromatic carbocycles. The van der Waals surface area contributed by atoms with Crippen molar-refractivity contribution < 1.29 is 9.53 Å². The maximum Gasteiger partial charge on any atom is 0.217 e. The van der Waals surface area contributed by atoms with Gasteiger partial charge in [0.2, 0.25) is 5.91 Å². The Hall–Kier alpha value is -1.51. The van der Waals surface area contributed by atoms with Crippen molar-refractivity contribution in [2.24, 2.45) is 0 Å². The predicted octanol–water partition coefficient (Wildman–Crippen LogP) is 2.50. The molecule has 0 aliphatic carbocycles. The average molecular weight is 221 g/mol. The molecule has 0 aliphatic heterocycles. The van der Waals surface area contributed by atoms with E-state index < -0.39 is 0 Å². The van der Waals surface area contributed by atoms with Crippen LogP contribution in [0.1, 0.15) is 33.3 Å². The number of carbonyl (C=O) groups excluding carboxylic acids is 1. The smallest absolute Gasteiger partial charge is 0.217 e. The maximum atomic E-state index is 10.9. The molecule has 0 saturated heterocycles. The van der Waals surface area contributed by atoms with Gasteiger partial charge >= 0.3 is 0 Å². The highest BCUT2D eigenvalue weighted by molar-refractivity contribution is 5.72. The zero-order valence-corrected chi connectivity index (χ0v) is 10.3. The summed E-state index contributed by atoms with van der Waals surface area (Å²) in [6.45, 7) is 8.02. The van der Waals surface area contributed by atoms with Crippen LogP contribution in [-0.4, -0.2) is 11.5 Å². The lowest BCUT2D eigenvalue weighted by atomic mass is 10.1. The molecule has 3 nitrogen and oxygen atoms in total. The molecule has 0 bridgehead atoms. The van der Waals surface area contributed by atoms with E-state index >= 15 is 0 Å². The van der Waals surface area contributed by atoms with Crippen LogP contribution in [0.5, 0.6) is 5.75 Å². The monoisotopic (exact) mass is 221 g/mol. The van der Waals surface area contributed by atoms with Gasteiger partial charge in [-0.2, -0.15) is 0 Å². The van der Waals surface area contributed by atoms with E-state index in [-0.39, 0.29) is 11.5 Å². The Labute approximate surface area is 96.8 Å². The summed E-state index contributed by atoms with van der Waals surface area (Å²) in [6.07, 6.45) is 0. The molecule has 0 aromatic heterocycles. The highest BCUT2D eigenvalue weighted by Gasteiger charge is 2.14. The quantitative estimate of drug-likeness (QED) is 0.851. The summed E-state index contributed by atoms with van der Waals surface area (Å²) >= 11 is 0. The summed E-state index contributed by atoms with van der Waals surface area (Å²) in [5, 5.41) is 2.77. The molecule has 0 unspecified atom stereocenters. The lowest BCUT2D eigenvalue weighted by Gasteiger charge is -2.23. The van der Waals surface area contributed by atoms with Crippen LogP contribution in [0.2, 0.25) is 0 Å². The number of rotatable bonds is 3. The molecular weight excluding hydrogens is 202 g/mol. The minimum absolute atomic E-state index is 0.0365. The third-order valence-electron chi connectivity index (χ3n) is 1.92. The van der Waals surface area contributed by atoms with Crippen molar-refractivity contribution in [3.63, 3.8) is 0 Å². The van der Waals surface area contributed by atoms with Crippen LogP contribution in [0.25, 0.3) is 0 Å². The van der Waals surface area contributed by atoms with Crippen molar-refractivity contribution in [1.82, 2.24) is 5.32 Å². The number of ether oxygens (including phenoxy) is 1. The van der Waals surface area contributed by atoms with E-state index in [0.717, 1.165) is 11.3 Å². The number of benzene rings is 1. The number of hydrogen-bond acceptors (Lipinski definition) is 2. The van der Waals surface area contributed by atoms with Crippen molar-refractivity contribution in [1.29, 1.82) is 0 Å². The van der Waals surface area contributed by atoms with Crippen LogP contribution < -0.4 is 10.1 Å². The zero-order chi connectivity index (χ0) is 12.2. The summed E-state index contributed by atoms with van der Waals surface area (Å²) in [6, 6.07) is 7.74. The van der Waals surface area contributed by atoms with Crippen LogP contribution in [0.15, 0.2) is 24.3 Å². The third kappa shape index (κ3) is 4.34. The van der Waals surface area contributed by atoms with Gasteiger partial charge in [-0.25, -0.2) is 0 Å². The number of hydrogen-bond donors (Lipinski definition) is 1. The average Bonchev–Trinajstić information content (AvgIpc) is 2.14. The molecular formula is C13H19NO2. The second-order valence-corrected chi connectivity index (χ2v) is 4.73. The zero-order valence-electron chi connectivity index (χ0n) is 10.3. The molecule has 16 heavy (non-hydrogen) atoms. The Bertz CT molecular complexity index is 366. The molecule has 3 heteroatoms. The Balaban J connectivity index is 2.79. The molecule has 0 radical (unpaired) electrons. The second-order valence-electron chi connectivity index (χ2n) is 4.73. The molecule has 0 fully saturated rings. The van der Waals surface area contributed by atoms with E-state index in [1.807, 2.05) is 45.0 Å². The standard InChI is InChI=1S/C13H19NO2/c1-10(15)14-9-11-7-5-6-8-12(11)16-13(2,3)4/h5-8H,9H2,1-4H3,(H,14,15). The molecule has 1 rings (SSSR count). The molecule has 0 saturated carbocycles. The summed E-state index contributed by atoms with van der Waals surface area (Å²) < 4.78 is 5.81. The molecule has 1 amide bonds. The molecule has 0 spiro atoms. The van der Waals surface area contributed by atoms with Gasteiger partial charge in [-0.3, -0.25) is 4.79 Å². The fourth-order valence-electron chi connectivity index (χ4n) is 1.30. The summed E-state index contributed by atoms with van der Waals surface area (Å²) in [5.41, 5.74) is 0.763. The Morgan fingerprint density at radius 2 is 1.94 bits per heavy atom. The molecule has 88 valence electrons. The Morgan fingerprint density at radius 3 is 2.50 bits per heavy atom. The molecule has 0 atom stereocenters. The normalized spacial score (nSPS) is 11.0. The summed E-state index contributed by atoms with van der Waals surface area (Å²) in [7, 11) is 0. The lowest BCUT2D eigenvalue weighted by molar-refractivity contribution is -0.119. The first-order valence-corrected chi connectivity index (χ1v) is 5.40. The molecule has 0 aliphatic rings. The fraction of sp³-hybridized carbons (Fsp3) is 0.462. The molecule has 1 aromatic rings. The minimum Gasteiger partial charge on any atom is -0.488 e. The SMILES string of the molecule is CC(=O)NCc1ccccc1OC(C)(C)C. The van der Waals surface area contributed by atoms with Crippen LogP contribution in [0.3, 0.4) is 0 Å². The Kier molecular flexibility index (Phi) is 3.93. The largest absolute Gasteiger partial charge is 0.488 e. The van der Waals surface area contributed by atoms with E-state index in [9.17, 15) is 4.79 Å². The van der Waals surface area contributed by atoms with Gasteiger partial charge in [-0.15, -0.1) is 0 Å². The van der Waals surface area contributed by atoms with E-state index in [1.54, 1.807) is 0 Å². The van der Waals surface area contributed by atoms with Gasteiger partial charge in [0, 0.05) is 19.0 Å². The Morgan fingerprint density at radius 1 is 1.31 bits per heavy atom. The van der Waals surface area contributed by atoms with Gasteiger partial charge in [0.05, 0.1) is 0 Å². The lowest BCUT2D eigenvalue weighted by Crippen LogP contribution is -2.25.